The van der Waals surface area contributed by atoms with Gasteiger partial charge in [0.25, 0.3) is 0 Å². The van der Waals surface area contributed by atoms with E-state index in [4.69, 9.17) is 4.74 Å². The SMILES string of the molecule is CCOC(=O)C(CC)N1CCCC(C(F)(F)F)C1. The normalized spacial score (nSPS) is 23.7. The molecule has 0 saturated carbocycles. The Hall–Kier alpha value is -0.780. The first-order valence-corrected chi connectivity index (χ1v) is 6.37. The molecule has 0 spiro atoms. The van der Waals surface area contributed by atoms with Crippen LogP contribution in [0.5, 0.6) is 0 Å². The van der Waals surface area contributed by atoms with E-state index in [1.165, 1.54) is 0 Å². The summed E-state index contributed by atoms with van der Waals surface area (Å²) in [5.41, 5.74) is 0. The Labute approximate surface area is 105 Å². The third-order valence-corrected chi connectivity index (χ3v) is 3.30. The molecule has 0 bridgehead atoms. The number of piperidine rings is 1. The molecule has 0 amide bonds. The van der Waals surface area contributed by atoms with Crippen molar-refractivity contribution in [3.8, 4) is 0 Å². The number of hydrogen-bond acceptors (Lipinski definition) is 3. The Bertz CT molecular complexity index is 281. The van der Waals surface area contributed by atoms with Crippen molar-refractivity contribution in [1.29, 1.82) is 0 Å². The number of carbonyl (C=O) groups is 1. The smallest absolute Gasteiger partial charge is 0.393 e. The van der Waals surface area contributed by atoms with Gasteiger partial charge in [0.1, 0.15) is 6.04 Å². The molecular weight excluding hydrogens is 247 g/mol. The fraction of sp³-hybridized carbons (Fsp3) is 0.917. The van der Waals surface area contributed by atoms with Gasteiger partial charge in [-0.1, -0.05) is 6.92 Å². The highest BCUT2D eigenvalue weighted by Gasteiger charge is 2.43. The minimum atomic E-state index is -4.17. The lowest BCUT2D eigenvalue weighted by Crippen LogP contribution is -2.49. The number of halogens is 3. The Morgan fingerprint density at radius 3 is 2.61 bits per heavy atom. The summed E-state index contributed by atoms with van der Waals surface area (Å²) >= 11 is 0. The van der Waals surface area contributed by atoms with E-state index in [1.54, 1.807) is 18.7 Å². The predicted molar refractivity (Wildman–Crippen MR) is 61.1 cm³/mol. The molecule has 3 nitrogen and oxygen atoms in total. The van der Waals surface area contributed by atoms with Crippen molar-refractivity contribution < 1.29 is 22.7 Å². The second-order valence-corrected chi connectivity index (χ2v) is 4.55. The maximum Gasteiger partial charge on any atom is 0.393 e. The van der Waals surface area contributed by atoms with Gasteiger partial charge in [-0.25, -0.2) is 0 Å². The summed E-state index contributed by atoms with van der Waals surface area (Å²) in [4.78, 5) is 13.3. The topological polar surface area (TPSA) is 29.5 Å². The van der Waals surface area contributed by atoms with Crippen LogP contribution >= 0.6 is 0 Å². The summed E-state index contributed by atoms with van der Waals surface area (Å²) in [7, 11) is 0. The summed E-state index contributed by atoms with van der Waals surface area (Å²) in [5.74, 6) is -1.74. The van der Waals surface area contributed by atoms with Crippen LogP contribution in [0, 0.1) is 5.92 Å². The Morgan fingerprint density at radius 1 is 1.44 bits per heavy atom. The molecule has 0 aromatic carbocycles. The van der Waals surface area contributed by atoms with Crippen LogP contribution in [0.25, 0.3) is 0 Å². The fourth-order valence-electron chi connectivity index (χ4n) is 2.37. The maximum atomic E-state index is 12.7. The summed E-state index contributed by atoms with van der Waals surface area (Å²) in [6, 6.07) is -0.546. The van der Waals surface area contributed by atoms with E-state index >= 15 is 0 Å². The Morgan fingerprint density at radius 2 is 2.11 bits per heavy atom. The second kappa shape index (κ2) is 6.41. The number of alkyl halides is 3. The van der Waals surface area contributed by atoms with Gasteiger partial charge >= 0.3 is 12.1 Å². The molecule has 0 N–H and O–H groups in total. The van der Waals surface area contributed by atoms with Crippen molar-refractivity contribution in [2.45, 2.75) is 45.3 Å². The van der Waals surface area contributed by atoms with Crippen molar-refractivity contribution in [3.05, 3.63) is 0 Å². The summed E-state index contributed by atoms with van der Waals surface area (Å²) in [5, 5.41) is 0. The van der Waals surface area contributed by atoms with E-state index in [1.807, 2.05) is 0 Å². The Kier molecular flexibility index (Phi) is 5.44. The van der Waals surface area contributed by atoms with Crippen molar-refractivity contribution in [2.24, 2.45) is 5.92 Å². The van der Waals surface area contributed by atoms with Crippen LogP contribution in [-0.4, -0.2) is 42.8 Å². The highest BCUT2D eigenvalue weighted by Crippen LogP contribution is 2.34. The largest absolute Gasteiger partial charge is 0.465 e. The molecule has 0 aliphatic carbocycles. The molecule has 0 aromatic rings. The van der Waals surface area contributed by atoms with Gasteiger partial charge in [0.05, 0.1) is 12.5 Å². The van der Waals surface area contributed by atoms with Crippen LogP contribution in [0.1, 0.15) is 33.1 Å². The van der Waals surface area contributed by atoms with Crippen molar-refractivity contribution in [2.75, 3.05) is 19.7 Å². The minimum absolute atomic E-state index is 0.0964. The van der Waals surface area contributed by atoms with Gasteiger partial charge in [0.2, 0.25) is 0 Å². The van der Waals surface area contributed by atoms with Crippen LogP contribution in [0.4, 0.5) is 13.2 Å². The quantitative estimate of drug-likeness (QED) is 0.733. The highest BCUT2D eigenvalue weighted by atomic mass is 19.4. The number of nitrogens with zero attached hydrogens (tertiary/aromatic N) is 1. The minimum Gasteiger partial charge on any atom is -0.465 e. The van der Waals surface area contributed by atoms with Gasteiger partial charge < -0.3 is 4.74 Å². The molecule has 0 radical (unpaired) electrons. The third kappa shape index (κ3) is 3.86. The summed E-state index contributed by atoms with van der Waals surface area (Å²) < 4.78 is 43.0. The summed E-state index contributed by atoms with van der Waals surface area (Å²) in [6.07, 6.45) is -3.08. The average Bonchev–Trinajstić information content (AvgIpc) is 2.29. The van der Waals surface area contributed by atoms with Crippen LogP contribution in [0.15, 0.2) is 0 Å². The van der Waals surface area contributed by atoms with E-state index < -0.39 is 24.1 Å². The number of likely N-dealkylation sites (tertiary alicyclic amines) is 1. The van der Waals surface area contributed by atoms with E-state index in [9.17, 15) is 18.0 Å². The molecule has 0 aromatic heterocycles. The summed E-state index contributed by atoms with van der Waals surface area (Å²) in [6.45, 7) is 4.18. The lowest BCUT2D eigenvalue weighted by Gasteiger charge is -2.37. The van der Waals surface area contributed by atoms with Crippen LogP contribution in [0.2, 0.25) is 0 Å². The number of rotatable bonds is 4. The van der Waals surface area contributed by atoms with E-state index in [0.29, 0.717) is 19.4 Å². The van der Waals surface area contributed by atoms with Crippen LogP contribution in [0.3, 0.4) is 0 Å². The molecule has 6 heteroatoms. The maximum absolute atomic E-state index is 12.7. The zero-order chi connectivity index (χ0) is 13.8. The molecule has 1 heterocycles. The molecule has 1 aliphatic rings. The molecule has 1 fully saturated rings. The van der Waals surface area contributed by atoms with E-state index in [0.717, 1.165) is 0 Å². The molecule has 2 unspecified atom stereocenters. The molecule has 1 rings (SSSR count). The van der Waals surface area contributed by atoms with Gasteiger partial charge in [0.15, 0.2) is 0 Å². The van der Waals surface area contributed by atoms with Gasteiger partial charge in [-0.05, 0) is 32.7 Å². The fourth-order valence-corrected chi connectivity index (χ4v) is 2.37. The van der Waals surface area contributed by atoms with Crippen molar-refractivity contribution in [3.63, 3.8) is 0 Å². The molecule has 1 saturated heterocycles. The molecule has 1 aliphatic heterocycles. The number of carbonyl (C=O) groups excluding carboxylic acids is 1. The zero-order valence-electron chi connectivity index (χ0n) is 10.8. The van der Waals surface area contributed by atoms with E-state index in [-0.39, 0.29) is 19.6 Å². The second-order valence-electron chi connectivity index (χ2n) is 4.55. The first-order valence-electron chi connectivity index (χ1n) is 6.37. The molecule has 106 valence electrons. The predicted octanol–water partition coefficient (Wildman–Crippen LogP) is 2.60. The first-order chi connectivity index (χ1) is 8.40. The standard InChI is InChI=1S/C12H20F3NO2/c1-3-10(11(17)18-4-2)16-7-5-6-9(8-16)12(13,14)15/h9-10H,3-8H2,1-2H3. The molecular formula is C12H20F3NO2. The highest BCUT2D eigenvalue weighted by molar-refractivity contribution is 5.75. The third-order valence-electron chi connectivity index (χ3n) is 3.30. The first kappa shape index (κ1) is 15.3. The van der Waals surface area contributed by atoms with Crippen molar-refractivity contribution >= 4 is 5.97 Å². The number of hydrogen-bond donors (Lipinski definition) is 0. The monoisotopic (exact) mass is 267 g/mol. The van der Waals surface area contributed by atoms with Gasteiger partial charge in [-0.15, -0.1) is 0 Å². The van der Waals surface area contributed by atoms with Gasteiger partial charge in [-0.2, -0.15) is 13.2 Å². The Balaban J connectivity index is 2.66. The van der Waals surface area contributed by atoms with E-state index in [2.05, 4.69) is 0 Å². The molecule has 18 heavy (non-hydrogen) atoms. The number of esters is 1. The average molecular weight is 267 g/mol. The van der Waals surface area contributed by atoms with Gasteiger partial charge in [-0.3, -0.25) is 9.69 Å². The van der Waals surface area contributed by atoms with Gasteiger partial charge in [0, 0.05) is 6.54 Å². The lowest BCUT2D eigenvalue weighted by molar-refractivity contribution is -0.191. The zero-order valence-corrected chi connectivity index (χ0v) is 10.8. The number of ether oxygens (including phenoxy) is 1. The molecule has 2 atom stereocenters. The van der Waals surface area contributed by atoms with Crippen LogP contribution < -0.4 is 0 Å². The van der Waals surface area contributed by atoms with Crippen LogP contribution in [-0.2, 0) is 9.53 Å². The van der Waals surface area contributed by atoms with Crippen molar-refractivity contribution in [1.82, 2.24) is 4.90 Å². The lowest BCUT2D eigenvalue weighted by atomic mass is 9.95.